The molecule has 0 radical (unpaired) electrons. The zero-order chi connectivity index (χ0) is 14.4. The highest BCUT2D eigenvalue weighted by Gasteiger charge is 2.22. The lowest BCUT2D eigenvalue weighted by atomic mass is 10.0. The highest BCUT2D eigenvalue weighted by molar-refractivity contribution is 5.84. The Morgan fingerprint density at radius 2 is 2.00 bits per heavy atom. The molecule has 5 heteroatoms. The molecule has 0 fully saturated rings. The number of benzene rings is 1. The number of carboxylic acids is 1. The molecule has 0 aliphatic heterocycles. The second kappa shape index (κ2) is 6.89. The summed E-state index contributed by atoms with van der Waals surface area (Å²) in [6, 6.07) is 4.33. The summed E-state index contributed by atoms with van der Waals surface area (Å²) in [5, 5.41) is 11.7. The van der Waals surface area contributed by atoms with Crippen LogP contribution < -0.4 is 5.32 Å². The van der Waals surface area contributed by atoms with Crippen molar-refractivity contribution in [3.63, 3.8) is 0 Å². The van der Waals surface area contributed by atoms with Gasteiger partial charge in [-0.15, -0.1) is 0 Å². The average molecular weight is 265 g/mol. The van der Waals surface area contributed by atoms with Gasteiger partial charge in [0.1, 0.15) is 0 Å². The average Bonchev–Trinajstić information content (AvgIpc) is 2.36. The molecular formula is C14H19NO4. The summed E-state index contributed by atoms with van der Waals surface area (Å²) >= 11 is 0. The summed E-state index contributed by atoms with van der Waals surface area (Å²) in [5.74, 6) is -1.42. The number of nitrogens with one attached hydrogen (secondary N) is 1. The van der Waals surface area contributed by atoms with Crippen LogP contribution in [-0.2, 0) is 14.3 Å². The van der Waals surface area contributed by atoms with Gasteiger partial charge in [0.15, 0.2) is 6.04 Å². The van der Waals surface area contributed by atoms with Crippen molar-refractivity contribution in [3.8, 4) is 0 Å². The van der Waals surface area contributed by atoms with Crippen LogP contribution in [0.2, 0.25) is 0 Å². The maximum atomic E-state index is 11.6. The lowest BCUT2D eigenvalue weighted by Gasteiger charge is -2.16. The molecule has 2 N–H and O–H groups in total. The molecule has 0 saturated carbocycles. The molecule has 0 spiro atoms. The molecule has 1 amide bonds. The van der Waals surface area contributed by atoms with Gasteiger partial charge < -0.3 is 15.2 Å². The number of carbonyl (C=O) groups is 2. The predicted molar refractivity (Wildman–Crippen MR) is 70.9 cm³/mol. The van der Waals surface area contributed by atoms with Crippen molar-refractivity contribution >= 4 is 11.9 Å². The second-order valence-electron chi connectivity index (χ2n) is 4.43. The number of hydrogen-bond donors (Lipinski definition) is 2. The maximum Gasteiger partial charge on any atom is 0.330 e. The lowest BCUT2D eigenvalue weighted by Crippen LogP contribution is -2.34. The minimum atomic E-state index is -1.07. The number of hydrogen-bond acceptors (Lipinski definition) is 3. The Bertz CT molecular complexity index is 471. The monoisotopic (exact) mass is 265 g/mol. The molecule has 0 saturated heterocycles. The van der Waals surface area contributed by atoms with E-state index >= 15 is 0 Å². The molecule has 5 nitrogen and oxygen atoms in total. The maximum absolute atomic E-state index is 11.6. The molecule has 19 heavy (non-hydrogen) atoms. The van der Waals surface area contributed by atoms with E-state index in [0.717, 1.165) is 11.1 Å². The highest BCUT2D eigenvalue weighted by Crippen LogP contribution is 2.17. The van der Waals surface area contributed by atoms with E-state index in [9.17, 15) is 14.7 Å². The zero-order valence-electron chi connectivity index (χ0n) is 11.4. The van der Waals surface area contributed by atoms with Gasteiger partial charge in [-0.05, 0) is 30.5 Å². The van der Waals surface area contributed by atoms with E-state index in [4.69, 9.17) is 4.74 Å². The van der Waals surface area contributed by atoms with Crippen LogP contribution in [0.3, 0.4) is 0 Å². The quantitative estimate of drug-likeness (QED) is 0.819. The Balaban J connectivity index is 2.85. The van der Waals surface area contributed by atoms with Crippen molar-refractivity contribution in [3.05, 3.63) is 34.9 Å². The largest absolute Gasteiger partial charge is 0.479 e. The minimum absolute atomic E-state index is 0.144. The van der Waals surface area contributed by atoms with Crippen LogP contribution in [0.4, 0.5) is 0 Å². The van der Waals surface area contributed by atoms with Crippen LogP contribution in [0.5, 0.6) is 0 Å². The van der Waals surface area contributed by atoms with Gasteiger partial charge in [0.25, 0.3) is 0 Å². The van der Waals surface area contributed by atoms with E-state index in [1.165, 1.54) is 7.11 Å². The summed E-state index contributed by atoms with van der Waals surface area (Å²) in [6.45, 7) is 4.13. The summed E-state index contributed by atoms with van der Waals surface area (Å²) < 4.78 is 4.79. The smallest absolute Gasteiger partial charge is 0.330 e. The van der Waals surface area contributed by atoms with Gasteiger partial charge in [0.2, 0.25) is 5.91 Å². The Morgan fingerprint density at radius 1 is 1.32 bits per heavy atom. The molecule has 0 heterocycles. The van der Waals surface area contributed by atoms with Gasteiger partial charge in [-0.2, -0.15) is 0 Å². The number of carboxylic acid groups (broad SMARTS) is 1. The van der Waals surface area contributed by atoms with E-state index in [0.29, 0.717) is 5.56 Å². The predicted octanol–water partition coefficient (Wildman–Crippen LogP) is 1.58. The van der Waals surface area contributed by atoms with E-state index in [1.807, 2.05) is 19.9 Å². The first-order valence-corrected chi connectivity index (χ1v) is 6.04. The van der Waals surface area contributed by atoms with Crippen molar-refractivity contribution < 1.29 is 19.4 Å². The number of ether oxygens (including phenoxy) is 1. The van der Waals surface area contributed by atoms with Gasteiger partial charge in [-0.1, -0.05) is 18.2 Å². The Morgan fingerprint density at radius 3 is 2.53 bits per heavy atom. The summed E-state index contributed by atoms with van der Waals surface area (Å²) in [5.41, 5.74) is 2.65. The fourth-order valence-corrected chi connectivity index (χ4v) is 1.66. The van der Waals surface area contributed by atoms with Gasteiger partial charge in [0.05, 0.1) is 6.61 Å². The van der Waals surface area contributed by atoms with Gasteiger partial charge >= 0.3 is 5.97 Å². The van der Waals surface area contributed by atoms with Crippen LogP contribution in [0.25, 0.3) is 0 Å². The normalized spacial score (nSPS) is 11.9. The van der Waals surface area contributed by atoms with Crippen LogP contribution >= 0.6 is 0 Å². The lowest BCUT2D eigenvalue weighted by molar-refractivity contribution is -0.142. The molecule has 0 bridgehead atoms. The molecule has 1 aromatic rings. The number of methoxy groups -OCH3 is 1. The van der Waals surface area contributed by atoms with Crippen molar-refractivity contribution in [2.24, 2.45) is 0 Å². The van der Waals surface area contributed by atoms with Crippen LogP contribution in [0, 0.1) is 13.8 Å². The second-order valence-corrected chi connectivity index (χ2v) is 4.43. The first-order chi connectivity index (χ1) is 8.95. The van der Waals surface area contributed by atoms with Crippen LogP contribution in [-0.4, -0.2) is 30.7 Å². The fraction of sp³-hybridized carbons (Fsp3) is 0.429. The first kappa shape index (κ1) is 15.2. The first-order valence-electron chi connectivity index (χ1n) is 6.04. The van der Waals surface area contributed by atoms with Crippen LogP contribution in [0.15, 0.2) is 18.2 Å². The number of rotatable bonds is 6. The van der Waals surface area contributed by atoms with Crippen molar-refractivity contribution in [2.75, 3.05) is 13.7 Å². The van der Waals surface area contributed by atoms with E-state index < -0.39 is 12.0 Å². The van der Waals surface area contributed by atoms with E-state index in [2.05, 4.69) is 5.32 Å². The van der Waals surface area contributed by atoms with Crippen molar-refractivity contribution in [1.82, 2.24) is 5.32 Å². The third-order valence-electron chi connectivity index (χ3n) is 2.95. The van der Waals surface area contributed by atoms with Crippen molar-refractivity contribution in [1.29, 1.82) is 0 Å². The highest BCUT2D eigenvalue weighted by atomic mass is 16.5. The topological polar surface area (TPSA) is 75.6 Å². The molecule has 1 rings (SSSR count). The number of aryl methyl sites for hydroxylation is 2. The molecule has 0 aromatic heterocycles. The van der Waals surface area contributed by atoms with Gasteiger partial charge in [-0.25, -0.2) is 4.79 Å². The SMILES string of the molecule is COCCC(=O)NC(C(=O)O)c1ccc(C)c(C)c1. The molecule has 0 aliphatic carbocycles. The number of aliphatic carboxylic acids is 1. The zero-order valence-corrected chi connectivity index (χ0v) is 11.4. The third-order valence-corrected chi connectivity index (χ3v) is 2.95. The Kier molecular flexibility index (Phi) is 5.51. The summed E-state index contributed by atoms with van der Waals surface area (Å²) in [4.78, 5) is 22.8. The molecule has 104 valence electrons. The molecule has 1 aromatic carbocycles. The minimum Gasteiger partial charge on any atom is -0.479 e. The molecule has 1 atom stereocenters. The molecule has 0 aliphatic rings. The van der Waals surface area contributed by atoms with Gasteiger partial charge in [-0.3, -0.25) is 4.79 Å². The summed E-state index contributed by atoms with van der Waals surface area (Å²) in [7, 11) is 1.49. The van der Waals surface area contributed by atoms with E-state index in [1.54, 1.807) is 12.1 Å². The fourth-order valence-electron chi connectivity index (χ4n) is 1.66. The molecule has 1 unspecified atom stereocenters. The van der Waals surface area contributed by atoms with Crippen molar-refractivity contribution in [2.45, 2.75) is 26.3 Å². The van der Waals surface area contributed by atoms with Gasteiger partial charge in [0, 0.05) is 13.5 Å². The Labute approximate surface area is 112 Å². The third kappa shape index (κ3) is 4.37. The Hall–Kier alpha value is -1.88. The standard InChI is InChI=1S/C14H19NO4/c1-9-4-5-11(8-10(9)2)13(14(17)18)15-12(16)6-7-19-3/h4-5,8,13H,6-7H2,1-3H3,(H,15,16)(H,17,18). The van der Waals surface area contributed by atoms with E-state index in [-0.39, 0.29) is 18.9 Å². The molecular weight excluding hydrogens is 246 g/mol. The van der Waals surface area contributed by atoms with Crippen LogP contribution in [0.1, 0.15) is 29.2 Å². The number of amides is 1. The number of carbonyl (C=O) groups excluding carboxylic acids is 1. The summed E-state index contributed by atoms with van der Waals surface area (Å²) in [6.07, 6.45) is 0.144.